The number of hydrogen-bond acceptors (Lipinski definition) is 5. The normalized spacial score (nSPS) is 10.7. The molecule has 0 radical (unpaired) electrons. The monoisotopic (exact) mass is 266 g/mol. The molecule has 3 aromatic rings. The van der Waals surface area contributed by atoms with Crippen molar-refractivity contribution in [2.45, 2.75) is 13.3 Å². The van der Waals surface area contributed by atoms with Gasteiger partial charge in [-0.15, -0.1) is 0 Å². The van der Waals surface area contributed by atoms with Gasteiger partial charge in [-0.25, -0.2) is 0 Å². The highest BCUT2D eigenvalue weighted by Gasteiger charge is 2.12. The van der Waals surface area contributed by atoms with Crippen LogP contribution in [0.25, 0.3) is 11.5 Å². The molecule has 2 aromatic heterocycles. The Morgan fingerprint density at radius 3 is 2.85 bits per heavy atom. The largest absolute Gasteiger partial charge is 0.398 e. The van der Waals surface area contributed by atoms with Crippen LogP contribution in [0.2, 0.25) is 0 Å². The quantitative estimate of drug-likeness (QED) is 0.737. The van der Waals surface area contributed by atoms with E-state index in [1.807, 2.05) is 43.3 Å². The van der Waals surface area contributed by atoms with E-state index in [0.29, 0.717) is 23.8 Å². The van der Waals surface area contributed by atoms with Crippen molar-refractivity contribution < 1.29 is 4.52 Å². The fourth-order valence-corrected chi connectivity index (χ4v) is 1.99. The van der Waals surface area contributed by atoms with Crippen LogP contribution in [-0.4, -0.2) is 15.1 Å². The second kappa shape index (κ2) is 5.13. The molecular weight excluding hydrogens is 252 g/mol. The van der Waals surface area contributed by atoms with Crippen LogP contribution in [0.1, 0.15) is 17.1 Å². The van der Waals surface area contributed by atoms with E-state index < -0.39 is 0 Å². The second-order valence-electron chi connectivity index (χ2n) is 4.53. The lowest BCUT2D eigenvalue weighted by Crippen LogP contribution is -1.94. The Labute approximate surface area is 116 Å². The van der Waals surface area contributed by atoms with Crippen LogP contribution in [0.4, 0.5) is 5.69 Å². The molecular formula is C15H14N4O. The Morgan fingerprint density at radius 2 is 2.05 bits per heavy atom. The highest BCUT2D eigenvalue weighted by molar-refractivity contribution is 5.66. The lowest BCUT2D eigenvalue weighted by Gasteiger charge is -2.02. The second-order valence-corrected chi connectivity index (χ2v) is 4.53. The van der Waals surface area contributed by atoms with Crippen molar-refractivity contribution in [2.24, 2.45) is 0 Å². The number of nitrogen functional groups attached to an aromatic ring is 1. The van der Waals surface area contributed by atoms with Gasteiger partial charge in [0, 0.05) is 23.1 Å². The van der Waals surface area contributed by atoms with E-state index in [1.165, 1.54) is 0 Å². The molecule has 0 saturated carbocycles. The third kappa shape index (κ3) is 2.38. The zero-order chi connectivity index (χ0) is 13.9. The van der Waals surface area contributed by atoms with E-state index in [9.17, 15) is 0 Å². The highest BCUT2D eigenvalue weighted by Crippen LogP contribution is 2.25. The summed E-state index contributed by atoms with van der Waals surface area (Å²) in [5.41, 5.74) is 9.32. The summed E-state index contributed by atoms with van der Waals surface area (Å²) in [6, 6.07) is 11.4. The minimum absolute atomic E-state index is 0.487. The van der Waals surface area contributed by atoms with E-state index in [-0.39, 0.29) is 0 Å². The molecule has 2 N–H and O–H groups in total. The molecule has 0 aliphatic carbocycles. The zero-order valence-electron chi connectivity index (χ0n) is 11.1. The van der Waals surface area contributed by atoms with Crippen molar-refractivity contribution in [3.05, 3.63) is 59.7 Å². The molecule has 100 valence electrons. The van der Waals surface area contributed by atoms with Crippen LogP contribution in [0.3, 0.4) is 0 Å². The van der Waals surface area contributed by atoms with E-state index in [0.717, 1.165) is 16.8 Å². The summed E-state index contributed by atoms with van der Waals surface area (Å²) < 4.78 is 5.31. The first-order valence-corrected chi connectivity index (χ1v) is 6.32. The van der Waals surface area contributed by atoms with Gasteiger partial charge in [-0.05, 0) is 36.8 Å². The van der Waals surface area contributed by atoms with Crippen LogP contribution in [0.15, 0.2) is 47.1 Å². The predicted octanol–water partition coefficient (Wildman–Crippen LogP) is 2.61. The van der Waals surface area contributed by atoms with E-state index in [2.05, 4.69) is 15.1 Å². The Balaban J connectivity index is 1.89. The fraction of sp³-hybridized carbons (Fsp3) is 0.133. The Kier molecular flexibility index (Phi) is 3.16. The average molecular weight is 266 g/mol. The van der Waals surface area contributed by atoms with Crippen LogP contribution in [0.5, 0.6) is 0 Å². The van der Waals surface area contributed by atoms with Gasteiger partial charge < -0.3 is 10.3 Å². The van der Waals surface area contributed by atoms with Gasteiger partial charge in [0.1, 0.15) is 0 Å². The topological polar surface area (TPSA) is 77.8 Å². The van der Waals surface area contributed by atoms with Crippen molar-refractivity contribution in [3.8, 4) is 11.5 Å². The summed E-state index contributed by atoms with van der Waals surface area (Å²) in [5.74, 6) is 1.10. The maximum atomic E-state index is 5.89. The van der Waals surface area contributed by atoms with Gasteiger partial charge in [-0.2, -0.15) is 4.98 Å². The van der Waals surface area contributed by atoms with E-state index in [4.69, 9.17) is 10.3 Å². The number of benzene rings is 1. The van der Waals surface area contributed by atoms with E-state index in [1.54, 1.807) is 6.20 Å². The van der Waals surface area contributed by atoms with Gasteiger partial charge in [-0.1, -0.05) is 17.3 Å². The third-order valence-corrected chi connectivity index (χ3v) is 3.14. The molecule has 0 bridgehead atoms. The van der Waals surface area contributed by atoms with Crippen molar-refractivity contribution in [2.75, 3.05) is 5.73 Å². The molecule has 3 rings (SSSR count). The van der Waals surface area contributed by atoms with E-state index >= 15 is 0 Å². The third-order valence-electron chi connectivity index (χ3n) is 3.14. The number of nitrogens with two attached hydrogens (primary N) is 1. The molecule has 5 heteroatoms. The predicted molar refractivity (Wildman–Crippen MR) is 75.9 cm³/mol. The molecule has 1 aromatic carbocycles. The SMILES string of the molecule is Cc1c(N)cccc1-c1nc(Cc2ccccn2)no1. The lowest BCUT2D eigenvalue weighted by atomic mass is 10.1. The molecule has 0 aliphatic rings. The van der Waals surface area contributed by atoms with Gasteiger partial charge in [-0.3, -0.25) is 4.98 Å². The molecule has 0 spiro atoms. The molecule has 0 fully saturated rings. The molecule has 0 atom stereocenters. The van der Waals surface area contributed by atoms with Gasteiger partial charge in [0.05, 0.1) is 6.42 Å². The number of hydrogen-bond donors (Lipinski definition) is 1. The van der Waals surface area contributed by atoms with Crippen LogP contribution >= 0.6 is 0 Å². The van der Waals surface area contributed by atoms with Gasteiger partial charge >= 0.3 is 0 Å². The van der Waals surface area contributed by atoms with Crippen LogP contribution in [-0.2, 0) is 6.42 Å². The van der Waals surface area contributed by atoms with Gasteiger partial charge in [0.15, 0.2) is 5.82 Å². The Hall–Kier alpha value is -2.69. The fourth-order valence-electron chi connectivity index (χ4n) is 1.99. The maximum Gasteiger partial charge on any atom is 0.258 e. The standard InChI is InChI=1S/C15H14N4O/c1-10-12(6-4-7-13(10)16)15-18-14(19-20-15)9-11-5-2-3-8-17-11/h2-8H,9,16H2,1H3. The van der Waals surface area contributed by atoms with Gasteiger partial charge in [0.25, 0.3) is 5.89 Å². The Morgan fingerprint density at radius 1 is 1.15 bits per heavy atom. The van der Waals surface area contributed by atoms with Crippen molar-refractivity contribution >= 4 is 5.69 Å². The summed E-state index contributed by atoms with van der Waals surface area (Å²) >= 11 is 0. The number of rotatable bonds is 3. The summed E-state index contributed by atoms with van der Waals surface area (Å²) in [4.78, 5) is 8.65. The lowest BCUT2D eigenvalue weighted by molar-refractivity contribution is 0.423. The summed E-state index contributed by atoms with van der Waals surface area (Å²) in [5, 5.41) is 3.99. The molecule has 0 amide bonds. The molecule has 20 heavy (non-hydrogen) atoms. The highest BCUT2D eigenvalue weighted by atomic mass is 16.5. The van der Waals surface area contributed by atoms with Crippen LogP contribution in [0, 0.1) is 6.92 Å². The van der Waals surface area contributed by atoms with Gasteiger partial charge in [0.2, 0.25) is 0 Å². The molecule has 2 heterocycles. The number of anilines is 1. The zero-order valence-corrected chi connectivity index (χ0v) is 11.1. The summed E-state index contributed by atoms with van der Waals surface area (Å²) in [6.07, 6.45) is 2.30. The molecule has 0 saturated heterocycles. The van der Waals surface area contributed by atoms with Crippen LogP contribution < -0.4 is 5.73 Å². The number of aromatic nitrogens is 3. The van der Waals surface area contributed by atoms with Crippen molar-refractivity contribution in [3.63, 3.8) is 0 Å². The minimum atomic E-state index is 0.487. The average Bonchev–Trinajstić information content (AvgIpc) is 2.91. The number of nitrogens with zero attached hydrogens (tertiary/aromatic N) is 3. The van der Waals surface area contributed by atoms with Crippen molar-refractivity contribution in [1.29, 1.82) is 0 Å². The molecule has 5 nitrogen and oxygen atoms in total. The Bertz CT molecular complexity index is 722. The smallest absolute Gasteiger partial charge is 0.258 e. The maximum absolute atomic E-state index is 5.89. The number of pyridine rings is 1. The van der Waals surface area contributed by atoms with Crippen molar-refractivity contribution in [1.82, 2.24) is 15.1 Å². The first kappa shape index (κ1) is 12.3. The molecule has 0 unspecified atom stereocenters. The summed E-state index contributed by atoms with van der Waals surface area (Å²) in [6.45, 7) is 1.94. The minimum Gasteiger partial charge on any atom is -0.398 e. The first-order valence-electron chi connectivity index (χ1n) is 6.32. The first-order chi connectivity index (χ1) is 9.74. The molecule has 0 aliphatic heterocycles. The summed E-state index contributed by atoms with van der Waals surface area (Å²) in [7, 11) is 0.